The van der Waals surface area contributed by atoms with Crippen molar-refractivity contribution in [3.8, 4) is 0 Å². The Kier molecular flexibility index (Phi) is 2.84. The Hall–Kier alpha value is -0.620. The molecule has 2 nitrogen and oxygen atoms in total. The van der Waals surface area contributed by atoms with Crippen molar-refractivity contribution >= 4 is 6.08 Å². The summed E-state index contributed by atoms with van der Waals surface area (Å²) in [7, 11) is 0. The predicted molar refractivity (Wildman–Crippen MR) is 44.2 cm³/mol. The largest absolute Gasteiger partial charge is 0.235 e. The Morgan fingerprint density at radius 2 is 2.00 bits per heavy atom. The monoisotopic (exact) mass is 153 g/mol. The van der Waals surface area contributed by atoms with E-state index in [1.54, 1.807) is 6.08 Å². The normalized spacial score (nSPS) is 22.3. The standard InChI is InChI=1S/C9H15NO/c1-2-9(10-8-11)6-4-3-5-7-9/h2-7H2,1H3. The van der Waals surface area contributed by atoms with Gasteiger partial charge in [0.05, 0.1) is 5.54 Å². The Labute approximate surface area is 67.7 Å². The van der Waals surface area contributed by atoms with Crippen molar-refractivity contribution in [2.75, 3.05) is 0 Å². The molecule has 0 amide bonds. The van der Waals surface area contributed by atoms with Crippen LogP contribution in [-0.2, 0) is 4.79 Å². The lowest BCUT2D eigenvalue weighted by atomic mass is 9.80. The van der Waals surface area contributed by atoms with Gasteiger partial charge in [0.15, 0.2) is 0 Å². The van der Waals surface area contributed by atoms with Crippen molar-refractivity contribution in [2.24, 2.45) is 4.99 Å². The van der Waals surface area contributed by atoms with Crippen molar-refractivity contribution < 1.29 is 4.79 Å². The molecule has 0 N–H and O–H groups in total. The molecule has 0 atom stereocenters. The fourth-order valence-corrected chi connectivity index (χ4v) is 1.85. The van der Waals surface area contributed by atoms with Crippen LogP contribution in [0.25, 0.3) is 0 Å². The van der Waals surface area contributed by atoms with E-state index in [0.29, 0.717) is 0 Å². The molecule has 0 heterocycles. The highest BCUT2D eigenvalue weighted by atomic mass is 16.1. The van der Waals surface area contributed by atoms with Crippen molar-refractivity contribution in [2.45, 2.75) is 51.0 Å². The number of hydrogen-bond acceptors (Lipinski definition) is 2. The van der Waals surface area contributed by atoms with E-state index in [-0.39, 0.29) is 5.54 Å². The van der Waals surface area contributed by atoms with Gasteiger partial charge >= 0.3 is 0 Å². The molecular formula is C9H15NO. The number of aliphatic imine (C=N–C) groups is 1. The van der Waals surface area contributed by atoms with Crippen LogP contribution < -0.4 is 0 Å². The van der Waals surface area contributed by atoms with Gasteiger partial charge in [0, 0.05) is 0 Å². The lowest BCUT2D eigenvalue weighted by Crippen LogP contribution is -2.28. The fourth-order valence-electron chi connectivity index (χ4n) is 1.85. The average molecular weight is 153 g/mol. The van der Waals surface area contributed by atoms with Crippen molar-refractivity contribution in [3.63, 3.8) is 0 Å². The molecule has 0 unspecified atom stereocenters. The fraction of sp³-hybridized carbons (Fsp3) is 0.889. The van der Waals surface area contributed by atoms with Gasteiger partial charge in [-0.05, 0) is 19.3 Å². The zero-order chi connectivity index (χ0) is 8.16. The van der Waals surface area contributed by atoms with Gasteiger partial charge in [-0.25, -0.2) is 4.79 Å². The van der Waals surface area contributed by atoms with Gasteiger partial charge in [-0.2, -0.15) is 4.99 Å². The lowest BCUT2D eigenvalue weighted by Gasteiger charge is -2.30. The molecule has 2 heteroatoms. The van der Waals surface area contributed by atoms with Crippen LogP contribution in [0.4, 0.5) is 0 Å². The molecule has 0 spiro atoms. The SMILES string of the molecule is CCC1(N=C=O)CCCCC1. The Bertz CT molecular complexity index is 164. The van der Waals surface area contributed by atoms with Gasteiger partial charge in [-0.15, -0.1) is 0 Å². The summed E-state index contributed by atoms with van der Waals surface area (Å²) in [5.74, 6) is 0. The predicted octanol–water partition coefficient (Wildman–Crippen LogP) is 2.44. The van der Waals surface area contributed by atoms with Gasteiger partial charge in [-0.1, -0.05) is 26.2 Å². The molecule has 1 aliphatic carbocycles. The lowest BCUT2D eigenvalue weighted by molar-refractivity contribution is 0.289. The minimum absolute atomic E-state index is 0.0278. The summed E-state index contributed by atoms with van der Waals surface area (Å²) in [5.41, 5.74) is -0.0278. The zero-order valence-corrected chi connectivity index (χ0v) is 7.10. The van der Waals surface area contributed by atoms with Crippen LogP contribution in [-0.4, -0.2) is 11.6 Å². The van der Waals surface area contributed by atoms with E-state index >= 15 is 0 Å². The van der Waals surface area contributed by atoms with Crippen molar-refractivity contribution in [3.05, 3.63) is 0 Å². The number of hydrogen-bond donors (Lipinski definition) is 0. The maximum Gasteiger partial charge on any atom is 0.235 e. The Morgan fingerprint density at radius 3 is 2.45 bits per heavy atom. The highest BCUT2D eigenvalue weighted by Gasteiger charge is 2.29. The maximum absolute atomic E-state index is 10.1. The van der Waals surface area contributed by atoms with Crippen LogP contribution in [0.2, 0.25) is 0 Å². The van der Waals surface area contributed by atoms with Crippen LogP contribution in [0.3, 0.4) is 0 Å². The third-order valence-corrected chi connectivity index (χ3v) is 2.73. The van der Waals surface area contributed by atoms with Crippen LogP contribution in [0, 0.1) is 0 Å². The second-order valence-electron chi connectivity index (χ2n) is 3.34. The first-order valence-electron chi connectivity index (χ1n) is 4.42. The van der Waals surface area contributed by atoms with Gasteiger partial charge in [0.1, 0.15) is 0 Å². The molecule has 0 aromatic heterocycles. The molecule has 0 saturated heterocycles. The molecule has 62 valence electrons. The van der Waals surface area contributed by atoms with E-state index in [1.165, 1.54) is 19.3 Å². The molecule has 0 aliphatic heterocycles. The summed E-state index contributed by atoms with van der Waals surface area (Å²) < 4.78 is 0. The zero-order valence-electron chi connectivity index (χ0n) is 7.10. The number of rotatable bonds is 2. The van der Waals surface area contributed by atoms with Crippen LogP contribution >= 0.6 is 0 Å². The summed E-state index contributed by atoms with van der Waals surface area (Å²) in [6, 6.07) is 0. The minimum Gasteiger partial charge on any atom is -0.211 e. The van der Waals surface area contributed by atoms with Gasteiger partial charge in [0.25, 0.3) is 0 Å². The summed E-state index contributed by atoms with van der Waals surface area (Å²) in [4.78, 5) is 14.1. The van der Waals surface area contributed by atoms with E-state index in [2.05, 4.69) is 11.9 Å². The smallest absolute Gasteiger partial charge is 0.211 e. The van der Waals surface area contributed by atoms with E-state index in [9.17, 15) is 4.79 Å². The van der Waals surface area contributed by atoms with E-state index in [4.69, 9.17) is 0 Å². The van der Waals surface area contributed by atoms with Crippen LogP contribution in [0.1, 0.15) is 45.4 Å². The average Bonchev–Trinajstić information content (AvgIpc) is 2.07. The van der Waals surface area contributed by atoms with E-state index in [1.807, 2.05) is 0 Å². The van der Waals surface area contributed by atoms with Crippen LogP contribution in [0.15, 0.2) is 4.99 Å². The number of carbonyl (C=O) groups excluding carboxylic acids is 1. The summed E-state index contributed by atoms with van der Waals surface area (Å²) in [6.07, 6.45) is 8.60. The molecule has 0 bridgehead atoms. The van der Waals surface area contributed by atoms with E-state index in [0.717, 1.165) is 19.3 Å². The van der Waals surface area contributed by atoms with Gasteiger partial charge in [-0.3, -0.25) is 0 Å². The molecular weight excluding hydrogens is 138 g/mol. The Morgan fingerprint density at radius 1 is 1.36 bits per heavy atom. The second kappa shape index (κ2) is 3.68. The van der Waals surface area contributed by atoms with Gasteiger partial charge in [0.2, 0.25) is 6.08 Å². The molecule has 0 aromatic carbocycles. The highest BCUT2D eigenvalue weighted by Crippen LogP contribution is 2.33. The first kappa shape index (κ1) is 8.48. The highest BCUT2D eigenvalue weighted by molar-refractivity contribution is 5.35. The molecule has 1 saturated carbocycles. The first-order chi connectivity index (χ1) is 5.33. The maximum atomic E-state index is 10.1. The minimum atomic E-state index is -0.0278. The number of nitrogens with zero attached hydrogens (tertiary/aromatic N) is 1. The molecule has 1 fully saturated rings. The van der Waals surface area contributed by atoms with Crippen molar-refractivity contribution in [1.29, 1.82) is 0 Å². The molecule has 1 aliphatic rings. The molecule has 0 radical (unpaired) electrons. The first-order valence-corrected chi connectivity index (χ1v) is 4.42. The third-order valence-electron chi connectivity index (χ3n) is 2.73. The second-order valence-corrected chi connectivity index (χ2v) is 3.34. The third kappa shape index (κ3) is 1.90. The molecule has 0 aromatic rings. The Balaban J connectivity index is 2.64. The van der Waals surface area contributed by atoms with E-state index < -0.39 is 0 Å². The summed E-state index contributed by atoms with van der Waals surface area (Å²) in [5, 5.41) is 0. The number of isocyanates is 1. The van der Waals surface area contributed by atoms with Crippen molar-refractivity contribution in [1.82, 2.24) is 0 Å². The van der Waals surface area contributed by atoms with Crippen LogP contribution in [0.5, 0.6) is 0 Å². The molecule has 1 rings (SSSR count). The quantitative estimate of drug-likeness (QED) is 0.442. The molecule has 11 heavy (non-hydrogen) atoms. The topological polar surface area (TPSA) is 29.4 Å². The van der Waals surface area contributed by atoms with Gasteiger partial charge < -0.3 is 0 Å². The summed E-state index contributed by atoms with van der Waals surface area (Å²) in [6.45, 7) is 2.10. The summed E-state index contributed by atoms with van der Waals surface area (Å²) >= 11 is 0.